The van der Waals surface area contributed by atoms with Crippen LogP contribution in [0.15, 0.2) is 0 Å². The number of hydrogen-bond acceptors (Lipinski definition) is 2. The highest BCUT2D eigenvalue weighted by Crippen LogP contribution is 2.23. The Hall–Kier alpha value is 0.200. The zero-order valence-electron chi connectivity index (χ0n) is 8.59. The van der Waals surface area contributed by atoms with Gasteiger partial charge in [0.25, 0.3) is 0 Å². The Kier molecular flexibility index (Phi) is 4.69. The molecule has 1 atom stereocenters. The van der Waals surface area contributed by atoms with Gasteiger partial charge in [-0.25, -0.2) is 13.1 Å². The topological polar surface area (TPSA) is 46.2 Å². The van der Waals surface area contributed by atoms with Crippen LogP contribution in [0, 0.1) is 5.41 Å². The molecule has 0 heterocycles. The maximum Gasteiger partial charge on any atom is 0.208 e. The molecule has 0 amide bonds. The van der Waals surface area contributed by atoms with Gasteiger partial charge < -0.3 is 0 Å². The van der Waals surface area contributed by atoms with Crippen molar-refractivity contribution in [3.8, 4) is 0 Å². The van der Waals surface area contributed by atoms with Crippen molar-refractivity contribution in [1.82, 2.24) is 4.72 Å². The first kappa shape index (κ1) is 13.2. The SMILES string of the molecule is CC(C)(C)CC(Cl)CNS(C)(=O)=O. The molecule has 13 heavy (non-hydrogen) atoms. The van der Waals surface area contributed by atoms with E-state index >= 15 is 0 Å². The summed E-state index contributed by atoms with van der Waals surface area (Å²) in [5, 5.41) is -0.144. The van der Waals surface area contributed by atoms with Crippen LogP contribution in [-0.2, 0) is 10.0 Å². The zero-order chi connectivity index (χ0) is 10.7. The molecule has 0 aliphatic heterocycles. The molecule has 5 heteroatoms. The van der Waals surface area contributed by atoms with Gasteiger partial charge in [0.2, 0.25) is 10.0 Å². The molecule has 0 rings (SSSR count). The maximum absolute atomic E-state index is 10.7. The van der Waals surface area contributed by atoms with E-state index in [1.165, 1.54) is 0 Å². The third kappa shape index (κ3) is 10.1. The van der Waals surface area contributed by atoms with Gasteiger partial charge in [0, 0.05) is 11.9 Å². The fourth-order valence-electron chi connectivity index (χ4n) is 0.978. The monoisotopic (exact) mass is 227 g/mol. The third-order valence-electron chi connectivity index (χ3n) is 1.40. The Morgan fingerprint density at radius 3 is 2.15 bits per heavy atom. The van der Waals surface area contributed by atoms with E-state index in [1.807, 2.05) is 0 Å². The van der Waals surface area contributed by atoms with Crippen molar-refractivity contribution in [2.75, 3.05) is 12.8 Å². The molecule has 0 aromatic carbocycles. The van der Waals surface area contributed by atoms with Gasteiger partial charge in [0.05, 0.1) is 6.26 Å². The smallest absolute Gasteiger partial charge is 0.208 e. The zero-order valence-corrected chi connectivity index (χ0v) is 10.2. The first-order chi connectivity index (χ1) is 5.60. The van der Waals surface area contributed by atoms with Crippen LogP contribution in [0.5, 0.6) is 0 Å². The van der Waals surface area contributed by atoms with E-state index in [2.05, 4.69) is 25.5 Å². The molecule has 0 aliphatic rings. The molecule has 0 aromatic rings. The van der Waals surface area contributed by atoms with Crippen LogP contribution in [0.2, 0.25) is 0 Å². The average molecular weight is 228 g/mol. The third-order valence-corrected chi connectivity index (χ3v) is 2.40. The summed E-state index contributed by atoms with van der Waals surface area (Å²) in [6, 6.07) is 0. The number of alkyl halides is 1. The summed E-state index contributed by atoms with van der Waals surface area (Å²) < 4.78 is 23.8. The minimum atomic E-state index is -3.11. The predicted octanol–water partition coefficient (Wildman–Crippen LogP) is 1.58. The summed E-state index contributed by atoms with van der Waals surface area (Å²) in [7, 11) is -3.11. The van der Waals surface area contributed by atoms with Crippen molar-refractivity contribution in [3.05, 3.63) is 0 Å². The first-order valence-corrected chi connectivity index (χ1v) is 6.52. The summed E-state index contributed by atoms with van der Waals surface area (Å²) in [4.78, 5) is 0. The van der Waals surface area contributed by atoms with Crippen LogP contribution in [0.3, 0.4) is 0 Å². The lowest BCUT2D eigenvalue weighted by atomic mass is 9.90. The number of rotatable bonds is 4. The highest BCUT2D eigenvalue weighted by atomic mass is 35.5. The van der Waals surface area contributed by atoms with E-state index in [1.54, 1.807) is 0 Å². The standard InChI is InChI=1S/C8H18ClNO2S/c1-8(2,3)5-7(9)6-10-13(4,11)12/h7,10H,5-6H2,1-4H3. The van der Waals surface area contributed by atoms with Crippen LogP contribution in [-0.4, -0.2) is 26.6 Å². The van der Waals surface area contributed by atoms with Crippen LogP contribution < -0.4 is 4.72 Å². The Balaban J connectivity index is 3.84. The molecular weight excluding hydrogens is 210 g/mol. The average Bonchev–Trinajstić information content (AvgIpc) is 1.78. The predicted molar refractivity (Wildman–Crippen MR) is 56.6 cm³/mol. The van der Waals surface area contributed by atoms with E-state index in [0.717, 1.165) is 12.7 Å². The van der Waals surface area contributed by atoms with E-state index in [0.29, 0.717) is 6.54 Å². The van der Waals surface area contributed by atoms with Crippen LogP contribution in [0.4, 0.5) is 0 Å². The Labute approximate surface area is 85.9 Å². The molecule has 0 saturated heterocycles. The van der Waals surface area contributed by atoms with Gasteiger partial charge in [0.1, 0.15) is 0 Å². The molecule has 0 radical (unpaired) electrons. The molecule has 0 fully saturated rings. The second kappa shape index (κ2) is 4.62. The van der Waals surface area contributed by atoms with Crippen molar-refractivity contribution in [3.63, 3.8) is 0 Å². The molecule has 0 saturated carbocycles. The van der Waals surface area contributed by atoms with E-state index < -0.39 is 10.0 Å². The van der Waals surface area contributed by atoms with Crippen LogP contribution in [0.25, 0.3) is 0 Å². The van der Waals surface area contributed by atoms with Crippen molar-refractivity contribution in [2.45, 2.75) is 32.6 Å². The highest BCUT2D eigenvalue weighted by Gasteiger charge is 2.17. The molecule has 0 bridgehead atoms. The fourth-order valence-corrected chi connectivity index (χ4v) is 2.11. The Bertz CT molecular complexity index is 243. The molecule has 80 valence electrons. The lowest BCUT2D eigenvalue weighted by molar-refractivity contribution is 0.369. The lowest BCUT2D eigenvalue weighted by Crippen LogP contribution is -2.30. The largest absolute Gasteiger partial charge is 0.214 e. The Morgan fingerprint density at radius 1 is 1.38 bits per heavy atom. The van der Waals surface area contributed by atoms with Gasteiger partial charge in [0.15, 0.2) is 0 Å². The number of halogens is 1. The lowest BCUT2D eigenvalue weighted by Gasteiger charge is -2.21. The molecule has 0 spiro atoms. The van der Waals surface area contributed by atoms with Gasteiger partial charge in [-0.05, 0) is 11.8 Å². The second-order valence-corrected chi connectivity index (χ2v) is 6.93. The van der Waals surface area contributed by atoms with Crippen molar-refractivity contribution in [1.29, 1.82) is 0 Å². The molecule has 1 unspecified atom stereocenters. The molecule has 0 aromatic heterocycles. The van der Waals surface area contributed by atoms with E-state index in [-0.39, 0.29) is 10.8 Å². The van der Waals surface area contributed by atoms with Crippen molar-refractivity contribution >= 4 is 21.6 Å². The number of nitrogens with one attached hydrogen (secondary N) is 1. The molecular formula is C8H18ClNO2S. The van der Waals surface area contributed by atoms with Crippen LogP contribution >= 0.6 is 11.6 Å². The Morgan fingerprint density at radius 2 is 1.85 bits per heavy atom. The first-order valence-electron chi connectivity index (χ1n) is 4.19. The molecule has 0 aliphatic carbocycles. The normalized spacial score (nSPS) is 15.8. The van der Waals surface area contributed by atoms with Gasteiger partial charge >= 0.3 is 0 Å². The summed E-state index contributed by atoms with van der Waals surface area (Å²) in [6.07, 6.45) is 1.92. The molecule has 1 N–H and O–H groups in total. The minimum absolute atomic E-state index is 0.131. The number of hydrogen-bond donors (Lipinski definition) is 1. The summed E-state index contributed by atoms with van der Waals surface area (Å²) >= 11 is 5.94. The fraction of sp³-hybridized carbons (Fsp3) is 1.00. The van der Waals surface area contributed by atoms with Crippen molar-refractivity contribution in [2.24, 2.45) is 5.41 Å². The van der Waals surface area contributed by atoms with Gasteiger partial charge in [-0.15, -0.1) is 11.6 Å². The molecule has 3 nitrogen and oxygen atoms in total. The summed E-state index contributed by atoms with van der Waals surface area (Å²) in [5.74, 6) is 0. The second-order valence-electron chi connectivity index (χ2n) is 4.48. The van der Waals surface area contributed by atoms with Gasteiger partial charge in [-0.3, -0.25) is 0 Å². The maximum atomic E-state index is 10.7. The minimum Gasteiger partial charge on any atom is -0.214 e. The van der Waals surface area contributed by atoms with Gasteiger partial charge in [-0.2, -0.15) is 0 Å². The summed E-state index contributed by atoms with van der Waals surface area (Å²) in [5.41, 5.74) is 0.131. The van der Waals surface area contributed by atoms with Gasteiger partial charge in [-0.1, -0.05) is 20.8 Å². The van der Waals surface area contributed by atoms with E-state index in [4.69, 9.17) is 11.6 Å². The van der Waals surface area contributed by atoms with Crippen molar-refractivity contribution < 1.29 is 8.42 Å². The highest BCUT2D eigenvalue weighted by molar-refractivity contribution is 7.88. The number of sulfonamides is 1. The summed E-state index contributed by atoms with van der Waals surface area (Å²) in [6.45, 7) is 6.52. The quantitative estimate of drug-likeness (QED) is 0.742. The van der Waals surface area contributed by atoms with E-state index in [9.17, 15) is 8.42 Å². The van der Waals surface area contributed by atoms with Crippen LogP contribution in [0.1, 0.15) is 27.2 Å².